The van der Waals surface area contributed by atoms with E-state index in [1.807, 2.05) is 61.7 Å². The quantitative estimate of drug-likeness (QED) is 0.262. The van der Waals surface area contributed by atoms with Gasteiger partial charge in [0.1, 0.15) is 0 Å². The lowest BCUT2D eigenvalue weighted by atomic mass is 10.2. The third-order valence-corrected chi connectivity index (χ3v) is 5.10. The molecule has 0 unspecified atom stereocenters. The van der Waals surface area contributed by atoms with Crippen molar-refractivity contribution >= 4 is 45.3 Å². The minimum atomic E-state index is 0.0808. The van der Waals surface area contributed by atoms with Crippen molar-refractivity contribution in [1.82, 2.24) is 4.98 Å². The minimum absolute atomic E-state index is 0.0808. The molecule has 1 heterocycles. The number of benzene rings is 2. The van der Waals surface area contributed by atoms with E-state index in [1.54, 1.807) is 13.3 Å². The zero-order chi connectivity index (χ0) is 19.2. The number of hydrogen-bond acceptors (Lipinski definition) is 6. The van der Waals surface area contributed by atoms with Gasteiger partial charge in [0.05, 0.1) is 28.7 Å². The van der Waals surface area contributed by atoms with Crippen LogP contribution in [0.5, 0.6) is 11.5 Å². The summed E-state index contributed by atoms with van der Waals surface area (Å²) in [6, 6.07) is 14.0. The van der Waals surface area contributed by atoms with Crippen LogP contribution in [0.1, 0.15) is 19.4 Å². The second-order valence-corrected chi connectivity index (χ2v) is 7.99. The maximum atomic E-state index is 5.84. The highest BCUT2D eigenvalue weighted by molar-refractivity contribution is 14.1. The Morgan fingerprint density at radius 1 is 1.22 bits per heavy atom. The van der Waals surface area contributed by atoms with E-state index in [0.717, 1.165) is 31.3 Å². The van der Waals surface area contributed by atoms with Crippen molar-refractivity contribution in [1.29, 1.82) is 0 Å². The van der Waals surface area contributed by atoms with Gasteiger partial charge in [0.15, 0.2) is 11.5 Å². The lowest BCUT2D eigenvalue weighted by Crippen LogP contribution is -2.08. The fraction of sp³-hybridized carbons (Fsp3) is 0.200. The molecule has 0 aliphatic carbocycles. The van der Waals surface area contributed by atoms with Gasteiger partial charge >= 0.3 is 0 Å². The summed E-state index contributed by atoms with van der Waals surface area (Å²) in [5.74, 6) is 1.45. The van der Waals surface area contributed by atoms with E-state index in [0.29, 0.717) is 5.75 Å². The number of nitrogens with zero attached hydrogens (tertiary/aromatic N) is 2. The number of aromatic nitrogens is 1. The van der Waals surface area contributed by atoms with Crippen LogP contribution in [0.3, 0.4) is 0 Å². The zero-order valence-electron chi connectivity index (χ0n) is 15.3. The maximum Gasteiger partial charge on any atom is 0.203 e. The second-order valence-electron chi connectivity index (χ2n) is 5.97. The molecule has 0 radical (unpaired) electrons. The summed E-state index contributed by atoms with van der Waals surface area (Å²) in [4.78, 5) is 4.56. The molecule has 0 saturated heterocycles. The summed E-state index contributed by atoms with van der Waals surface area (Å²) in [6.07, 6.45) is 1.82. The fourth-order valence-corrected chi connectivity index (χ4v) is 3.81. The summed E-state index contributed by atoms with van der Waals surface area (Å²) >= 11 is 3.76. The van der Waals surface area contributed by atoms with E-state index < -0.39 is 0 Å². The molecule has 0 aliphatic rings. The first-order chi connectivity index (χ1) is 13.1. The van der Waals surface area contributed by atoms with Crippen LogP contribution in [0.4, 0.5) is 5.13 Å². The molecule has 1 N–H and O–H groups in total. The van der Waals surface area contributed by atoms with Crippen LogP contribution in [-0.2, 0) is 0 Å². The molecule has 0 amide bonds. The van der Waals surface area contributed by atoms with Gasteiger partial charge < -0.3 is 9.47 Å². The first-order valence-corrected chi connectivity index (χ1v) is 10.4. The van der Waals surface area contributed by atoms with E-state index in [1.165, 1.54) is 11.3 Å². The van der Waals surface area contributed by atoms with Crippen molar-refractivity contribution in [2.24, 2.45) is 5.10 Å². The molecule has 0 saturated carbocycles. The first kappa shape index (κ1) is 19.6. The molecular formula is C20H20IN3O2S. The Morgan fingerprint density at radius 3 is 2.70 bits per heavy atom. The third-order valence-electron chi connectivity index (χ3n) is 3.55. The Morgan fingerprint density at radius 2 is 2.00 bits per heavy atom. The Hall–Kier alpha value is -2.13. The van der Waals surface area contributed by atoms with Crippen LogP contribution in [0.15, 0.2) is 52.9 Å². The Labute approximate surface area is 176 Å². The molecule has 0 fully saturated rings. The summed E-state index contributed by atoms with van der Waals surface area (Å²) in [5, 5.41) is 7.05. The fourth-order valence-electron chi connectivity index (χ4n) is 2.39. The number of anilines is 1. The number of thiazole rings is 1. The predicted molar refractivity (Wildman–Crippen MR) is 120 cm³/mol. The van der Waals surface area contributed by atoms with Crippen molar-refractivity contribution in [3.8, 4) is 22.8 Å². The van der Waals surface area contributed by atoms with Gasteiger partial charge in [-0.3, -0.25) is 5.43 Å². The molecule has 5 nitrogen and oxygen atoms in total. The number of ether oxygens (including phenoxy) is 2. The van der Waals surface area contributed by atoms with E-state index in [9.17, 15) is 0 Å². The zero-order valence-corrected chi connectivity index (χ0v) is 18.2. The predicted octanol–water partition coefficient (Wildman–Crippen LogP) is 5.66. The molecule has 0 bridgehead atoms. The van der Waals surface area contributed by atoms with Crippen molar-refractivity contribution < 1.29 is 9.47 Å². The summed E-state index contributed by atoms with van der Waals surface area (Å²) in [6.45, 7) is 3.99. The lowest BCUT2D eigenvalue weighted by Gasteiger charge is -2.15. The average molecular weight is 493 g/mol. The van der Waals surface area contributed by atoms with Crippen molar-refractivity contribution in [2.75, 3.05) is 12.5 Å². The highest BCUT2D eigenvalue weighted by Gasteiger charge is 2.12. The number of hydrazone groups is 1. The van der Waals surface area contributed by atoms with Crippen LogP contribution in [0.25, 0.3) is 11.3 Å². The van der Waals surface area contributed by atoms with E-state index in [2.05, 4.69) is 38.1 Å². The van der Waals surface area contributed by atoms with Gasteiger partial charge in [-0.05, 0) is 54.1 Å². The highest BCUT2D eigenvalue weighted by Crippen LogP contribution is 2.34. The smallest absolute Gasteiger partial charge is 0.203 e. The average Bonchev–Trinajstić information content (AvgIpc) is 3.13. The number of nitrogens with one attached hydrogen (secondary N) is 1. The Kier molecular flexibility index (Phi) is 6.68. The van der Waals surface area contributed by atoms with Gasteiger partial charge in [-0.1, -0.05) is 30.3 Å². The van der Waals surface area contributed by atoms with E-state index in [4.69, 9.17) is 9.47 Å². The van der Waals surface area contributed by atoms with Gasteiger partial charge in [-0.15, -0.1) is 11.3 Å². The molecule has 3 aromatic rings. The largest absolute Gasteiger partial charge is 0.493 e. The molecule has 1 aromatic heterocycles. The van der Waals surface area contributed by atoms with Crippen LogP contribution in [0, 0.1) is 3.57 Å². The monoisotopic (exact) mass is 493 g/mol. The number of halogens is 1. The Bertz CT molecular complexity index is 926. The number of hydrogen-bond donors (Lipinski definition) is 1. The van der Waals surface area contributed by atoms with Crippen molar-refractivity contribution in [3.05, 3.63) is 57.0 Å². The van der Waals surface area contributed by atoms with Gasteiger partial charge in [0.25, 0.3) is 0 Å². The summed E-state index contributed by atoms with van der Waals surface area (Å²) < 4.78 is 12.3. The number of methoxy groups -OCH3 is 1. The lowest BCUT2D eigenvalue weighted by molar-refractivity contribution is 0.228. The van der Waals surface area contributed by atoms with Crippen LogP contribution < -0.4 is 14.9 Å². The van der Waals surface area contributed by atoms with Crippen LogP contribution in [-0.4, -0.2) is 24.4 Å². The molecule has 0 spiro atoms. The third kappa shape index (κ3) is 5.20. The minimum Gasteiger partial charge on any atom is -0.493 e. The molecule has 0 atom stereocenters. The molecular weight excluding hydrogens is 473 g/mol. The molecule has 140 valence electrons. The van der Waals surface area contributed by atoms with Crippen molar-refractivity contribution in [3.63, 3.8) is 0 Å². The van der Waals surface area contributed by atoms with Gasteiger partial charge in [0.2, 0.25) is 5.13 Å². The molecule has 2 aromatic carbocycles. The second kappa shape index (κ2) is 9.18. The molecule has 3 rings (SSSR count). The highest BCUT2D eigenvalue weighted by atomic mass is 127. The van der Waals surface area contributed by atoms with Crippen molar-refractivity contribution in [2.45, 2.75) is 20.0 Å². The first-order valence-electron chi connectivity index (χ1n) is 8.41. The van der Waals surface area contributed by atoms with Crippen LogP contribution >= 0.6 is 33.9 Å². The van der Waals surface area contributed by atoms with Gasteiger partial charge in [-0.2, -0.15) is 5.10 Å². The number of rotatable bonds is 7. The van der Waals surface area contributed by atoms with Gasteiger partial charge in [-0.25, -0.2) is 4.98 Å². The topological polar surface area (TPSA) is 55.7 Å². The normalized spacial score (nSPS) is 11.1. The maximum absolute atomic E-state index is 5.84. The molecule has 27 heavy (non-hydrogen) atoms. The summed E-state index contributed by atoms with van der Waals surface area (Å²) in [7, 11) is 1.64. The molecule has 0 aliphatic heterocycles. The van der Waals surface area contributed by atoms with E-state index in [-0.39, 0.29) is 6.10 Å². The summed E-state index contributed by atoms with van der Waals surface area (Å²) in [5.41, 5.74) is 5.93. The standard InChI is InChI=1S/C20H20IN3O2S/c1-13(2)26-19-16(21)9-14(10-18(19)25-3)11-22-24-20-23-17(12-27-20)15-7-5-4-6-8-15/h4-13H,1-3H3,(H,23,24). The van der Waals surface area contributed by atoms with Crippen LogP contribution in [0.2, 0.25) is 0 Å². The van der Waals surface area contributed by atoms with E-state index >= 15 is 0 Å². The molecule has 7 heteroatoms. The Balaban J connectivity index is 1.71. The van der Waals surface area contributed by atoms with Gasteiger partial charge in [0, 0.05) is 10.9 Å². The SMILES string of the molecule is COc1cc(C=NNc2nc(-c3ccccc3)cs2)cc(I)c1OC(C)C.